The first-order valence-electron chi connectivity index (χ1n) is 5.65. The molecule has 0 radical (unpaired) electrons. The Hall–Kier alpha value is -0.0800. The smallest absolute Gasteiger partial charge is 0.242 e. The third-order valence-corrected chi connectivity index (χ3v) is 6.29. The maximum absolute atomic E-state index is 12.3. The molecule has 104 valence electrons. The van der Waals surface area contributed by atoms with Gasteiger partial charge in [-0.3, -0.25) is 0 Å². The van der Waals surface area contributed by atoms with Crippen molar-refractivity contribution in [2.75, 3.05) is 12.0 Å². The normalized spacial score (nSPS) is 13.8. The second-order valence-corrected chi connectivity index (χ2v) is 7.54. The second-order valence-electron chi connectivity index (χ2n) is 4.01. The highest BCUT2D eigenvalue weighted by atomic mass is 32.2. The van der Waals surface area contributed by atoms with Crippen LogP contribution in [0.3, 0.4) is 0 Å². The third kappa shape index (κ3) is 3.71. The van der Waals surface area contributed by atoms with Gasteiger partial charge in [0.2, 0.25) is 10.0 Å². The molecule has 0 aliphatic carbocycles. The molecule has 0 saturated carbocycles. The molecule has 0 aromatic carbocycles. The zero-order valence-electron chi connectivity index (χ0n) is 10.8. The standard InChI is InChI=1S/C11H19NO3S3/c1-4-9(7-16-3)12-18(14,15)11-8(2)6-17-10(11)5-13/h6,9,12-13H,4-5,7H2,1-3H3. The average molecular weight is 309 g/mol. The first kappa shape index (κ1) is 16.0. The molecule has 0 aliphatic heterocycles. The van der Waals surface area contributed by atoms with Crippen molar-refractivity contribution in [1.82, 2.24) is 4.72 Å². The predicted molar refractivity (Wildman–Crippen MR) is 77.8 cm³/mol. The highest BCUT2D eigenvalue weighted by molar-refractivity contribution is 7.98. The van der Waals surface area contributed by atoms with Crippen LogP contribution in [0.1, 0.15) is 23.8 Å². The monoisotopic (exact) mass is 309 g/mol. The minimum atomic E-state index is -3.54. The van der Waals surface area contributed by atoms with Crippen LogP contribution in [0.5, 0.6) is 0 Å². The van der Waals surface area contributed by atoms with E-state index in [9.17, 15) is 13.5 Å². The predicted octanol–water partition coefficient (Wildman–Crippen LogP) is 1.97. The molecule has 1 aromatic heterocycles. The summed E-state index contributed by atoms with van der Waals surface area (Å²) < 4.78 is 27.3. The van der Waals surface area contributed by atoms with Gasteiger partial charge in [0, 0.05) is 11.8 Å². The van der Waals surface area contributed by atoms with Crippen LogP contribution < -0.4 is 4.72 Å². The number of hydrogen-bond acceptors (Lipinski definition) is 5. The van der Waals surface area contributed by atoms with E-state index in [1.54, 1.807) is 24.1 Å². The molecule has 1 heterocycles. The summed E-state index contributed by atoms with van der Waals surface area (Å²) >= 11 is 2.89. The molecule has 4 nitrogen and oxygen atoms in total. The van der Waals surface area contributed by atoms with Gasteiger partial charge in [-0.2, -0.15) is 11.8 Å². The van der Waals surface area contributed by atoms with Crippen LogP contribution in [-0.2, 0) is 16.6 Å². The van der Waals surface area contributed by atoms with E-state index < -0.39 is 10.0 Å². The van der Waals surface area contributed by atoms with Gasteiger partial charge in [-0.05, 0) is 30.5 Å². The Balaban J connectivity index is 3.02. The highest BCUT2D eigenvalue weighted by Gasteiger charge is 2.25. The fourth-order valence-electron chi connectivity index (χ4n) is 1.67. The Labute approximate surface area is 117 Å². The minimum absolute atomic E-state index is 0.0733. The summed E-state index contributed by atoms with van der Waals surface area (Å²) in [4.78, 5) is 0.744. The van der Waals surface area contributed by atoms with E-state index in [0.717, 1.165) is 12.2 Å². The van der Waals surface area contributed by atoms with Gasteiger partial charge in [0.05, 0.1) is 11.5 Å². The number of rotatable bonds is 7. The van der Waals surface area contributed by atoms with Gasteiger partial charge >= 0.3 is 0 Å². The highest BCUT2D eigenvalue weighted by Crippen LogP contribution is 2.27. The Morgan fingerprint density at radius 1 is 1.56 bits per heavy atom. The van der Waals surface area contributed by atoms with Gasteiger partial charge in [-0.1, -0.05) is 6.92 Å². The van der Waals surface area contributed by atoms with Gasteiger partial charge in [-0.15, -0.1) is 11.3 Å². The van der Waals surface area contributed by atoms with Crippen molar-refractivity contribution in [1.29, 1.82) is 0 Å². The van der Waals surface area contributed by atoms with Crippen molar-refractivity contribution in [3.8, 4) is 0 Å². The number of thioether (sulfide) groups is 1. The first-order chi connectivity index (χ1) is 8.46. The fourth-order valence-corrected chi connectivity index (χ4v) is 5.48. The number of aryl methyl sites for hydroxylation is 1. The van der Waals surface area contributed by atoms with Crippen LogP contribution in [0, 0.1) is 6.92 Å². The summed E-state index contributed by atoms with van der Waals surface area (Å²) in [6, 6.07) is -0.0733. The SMILES string of the molecule is CCC(CSC)NS(=O)(=O)c1c(C)csc1CO. The van der Waals surface area contributed by atoms with Crippen molar-refractivity contribution in [3.05, 3.63) is 15.8 Å². The van der Waals surface area contributed by atoms with Crippen molar-refractivity contribution >= 4 is 33.1 Å². The molecular formula is C11H19NO3S3. The lowest BCUT2D eigenvalue weighted by Crippen LogP contribution is -2.36. The molecule has 0 amide bonds. The number of sulfonamides is 1. The quantitative estimate of drug-likeness (QED) is 0.808. The summed E-state index contributed by atoms with van der Waals surface area (Å²) in [7, 11) is -3.54. The summed E-state index contributed by atoms with van der Waals surface area (Å²) in [6.45, 7) is 3.46. The molecule has 0 aliphatic rings. The Bertz CT molecular complexity index is 482. The maximum Gasteiger partial charge on any atom is 0.242 e. The van der Waals surface area contributed by atoms with Crippen LogP contribution in [0.15, 0.2) is 10.3 Å². The lowest BCUT2D eigenvalue weighted by atomic mass is 10.3. The number of thiophene rings is 1. The number of aliphatic hydroxyl groups is 1. The Kier molecular flexibility index (Phi) is 6.13. The summed E-state index contributed by atoms with van der Waals surface area (Å²) in [5, 5.41) is 11.0. The maximum atomic E-state index is 12.3. The van der Waals surface area contributed by atoms with Crippen LogP contribution in [0.4, 0.5) is 0 Å². The lowest BCUT2D eigenvalue weighted by molar-refractivity contribution is 0.282. The second kappa shape index (κ2) is 6.91. The molecule has 1 aromatic rings. The van der Waals surface area contributed by atoms with Gasteiger partial charge in [0.15, 0.2) is 0 Å². The summed E-state index contributed by atoms with van der Waals surface area (Å²) in [6.07, 6.45) is 2.70. The van der Waals surface area contributed by atoms with Crippen LogP contribution in [-0.4, -0.2) is 31.6 Å². The van der Waals surface area contributed by atoms with Gasteiger partial charge in [0.25, 0.3) is 0 Å². The van der Waals surface area contributed by atoms with Crippen molar-refractivity contribution in [2.24, 2.45) is 0 Å². The number of nitrogens with one attached hydrogen (secondary N) is 1. The van der Waals surface area contributed by atoms with E-state index in [0.29, 0.717) is 10.4 Å². The van der Waals surface area contributed by atoms with E-state index in [4.69, 9.17) is 0 Å². The zero-order chi connectivity index (χ0) is 13.8. The minimum Gasteiger partial charge on any atom is -0.391 e. The van der Waals surface area contributed by atoms with Gasteiger partial charge in [0.1, 0.15) is 4.90 Å². The van der Waals surface area contributed by atoms with E-state index in [1.165, 1.54) is 11.3 Å². The molecule has 7 heteroatoms. The van der Waals surface area contributed by atoms with Crippen LogP contribution in [0.25, 0.3) is 0 Å². The number of hydrogen-bond donors (Lipinski definition) is 2. The van der Waals surface area contributed by atoms with E-state index in [2.05, 4.69) is 4.72 Å². The molecular weight excluding hydrogens is 290 g/mol. The van der Waals surface area contributed by atoms with Crippen LogP contribution >= 0.6 is 23.1 Å². The van der Waals surface area contributed by atoms with Crippen molar-refractivity contribution in [2.45, 2.75) is 37.8 Å². The Morgan fingerprint density at radius 3 is 2.72 bits per heavy atom. The molecule has 0 fully saturated rings. The molecule has 1 unspecified atom stereocenters. The average Bonchev–Trinajstić information content (AvgIpc) is 2.70. The van der Waals surface area contributed by atoms with E-state index in [1.807, 2.05) is 13.2 Å². The molecule has 0 spiro atoms. The Morgan fingerprint density at radius 2 is 2.22 bits per heavy atom. The zero-order valence-corrected chi connectivity index (χ0v) is 13.2. The van der Waals surface area contributed by atoms with Gasteiger partial charge < -0.3 is 5.11 Å². The largest absolute Gasteiger partial charge is 0.391 e. The molecule has 1 atom stereocenters. The molecule has 2 N–H and O–H groups in total. The van der Waals surface area contributed by atoms with Crippen molar-refractivity contribution < 1.29 is 13.5 Å². The summed E-state index contributed by atoms with van der Waals surface area (Å²) in [5.74, 6) is 0.743. The topological polar surface area (TPSA) is 66.4 Å². The lowest BCUT2D eigenvalue weighted by Gasteiger charge is -2.16. The van der Waals surface area contributed by atoms with Gasteiger partial charge in [-0.25, -0.2) is 13.1 Å². The molecule has 0 bridgehead atoms. The van der Waals surface area contributed by atoms with Crippen molar-refractivity contribution in [3.63, 3.8) is 0 Å². The molecule has 1 rings (SSSR count). The van der Waals surface area contributed by atoms with Crippen LogP contribution in [0.2, 0.25) is 0 Å². The summed E-state index contributed by atoms with van der Waals surface area (Å²) in [5.41, 5.74) is 0.690. The third-order valence-electron chi connectivity index (χ3n) is 2.58. The molecule has 0 saturated heterocycles. The molecule has 18 heavy (non-hydrogen) atoms. The first-order valence-corrected chi connectivity index (χ1v) is 9.41. The fraction of sp³-hybridized carbons (Fsp3) is 0.636. The number of aliphatic hydroxyl groups excluding tert-OH is 1. The van der Waals surface area contributed by atoms with E-state index in [-0.39, 0.29) is 17.5 Å². The van der Waals surface area contributed by atoms with E-state index >= 15 is 0 Å².